The predicted molar refractivity (Wildman–Crippen MR) is 79.2 cm³/mol. The highest BCUT2D eigenvalue weighted by Crippen LogP contribution is 2.27. The Bertz CT molecular complexity index is 711. The van der Waals surface area contributed by atoms with E-state index in [9.17, 15) is 4.79 Å². The van der Waals surface area contributed by atoms with Crippen LogP contribution in [0.4, 0.5) is 5.82 Å². The van der Waals surface area contributed by atoms with Gasteiger partial charge in [-0.05, 0) is 24.3 Å². The Morgan fingerprint density at radius 3 is 2.67 bits per heavy atom. The highest BCUT2D eigenvalue weighted by molar-refractivity contribution is 6.32. The minimum atomic E-state index is -0.409. The van der Waals surface area contributed by atoms with Crippen molar-refractivity contribution in [1.82, 2.24) is 4.98 Å². The molecule has 0 saturated heterocycles. The summed E-state index contributed by atoms with van der Waals surface area (Å²) in [6.45, 7) is 1.31. The van der Waals surface area contributed by atoms with Gasteiger partial charge in [-0.1, -0.05) is 29.3 Å². The summed E-state index contributed by atoms with van der Waals surface area (Å²) in [5.41, 5.74) is 0.138. The third kappa shape index (κ3) is 3.43. The van der Waals surface area contributed by atoms with Crippen molar-refractivity contribution in [3.63, 3.8) is 0 Å². The van der Waals surface area contributed by atoms with Crippen LogP contribution in [0.5, 0.6) is 5.75 Å². The molecule has 0 bridgehead atoms. The minimum absolute atomic E-state index is 0.138. The lowest BCUT2D eigenvalue weighted by Crippen LogP contribution is -2.33. The van der Waals surface area contributed by atoms with Crippen LogP contribution in [0.3, 0.4) is 0 Å². The molecule has 0 atom stereocenters. The highest BCUT2D eigenvalue weighted by atomic mass is 35.5. The van der Waals surface area contributed by atoms with Crippen LogP contribution in [0.2, 0.25) is 10.0 Å². The van der Waals surface area contributed by atoms with Crippen molar-refractivity contribution < 1.29 is 9.63 Å². The van der Waals surface area contributed by atoms with Crippen LogP contribution in [0.15, 0.2) is 36.5 Å². The third-order valence-electron chi connectivity index (χ3n) is 2.48. The molecule has 0 radical (unpaired) electrons. The van der Waals surface area contributed by atoms with E-state index in [-0.39, 0.29) is 22.2 Å². The van der Waals surface area contributed by atoms with Gasteiger partial charge >= 0.3 is 0 Å². The maximum absolute atomic E-state index is 11.7. The number of hydroxylamine groups is 1. The molecule has 0 aliphatic heterocycles. The summed E-state index contributed by atoms with van der Waals surface area (Å²) in [4.78, 5) is 21.2. The van der Waals surface area contributed by atoms with Crippen molar-refractivity contribution in [2.45, 2.75) is 6.92 Å². The van der Waals surface area contributed by atoms with Gasteiger partial charge < -0.3 is 4.84 Å². The number of nitriles is 1. The Morgan fingerprint density at radius 1 is 1.33 bits per heavy atom. The fraction of sp³-hybridized carbons (Fsp3) is 0.0714. The van der Waals surface area contributed by atoms with Crippen molar-refractivity contribution in [2.24, 2.45) is 0 Å². The molecule has 5 nitrogen and oxygen atoms in total. The molecule has 0 N–H and O–H groups in total. The monoisotopic (exact) mass is 321 g/mol. The fourth-order valence-corrected chi connectivity index (χ4v) is 1.87. The lowest BCUT2D eigenvalue weighted by atomic mass is 10.2. The maximum atomic E-state index is 11.7. The van der Waals surface area contributed by atoms with Gasteiger partial charge in [-0.2, -0.15) is 5.26 Å². The number of nitrogens with zero attached hydrogens (tertiary/aromatic N) is 3. The van der Waals surface area contributed by atoms with Gasteiger partial charge in [-0.25, -0.2) is 4.98 Å². The first-order valence-electron chi connectivity index (χ1n) is 5.81. The SMILES string of the molecule is CC(=O)N(Oc1cccc(Cl)c1C#N)c1ccc(Cl)cn1. The van der Waals surface area contributed by atoms with Gasteiger partial charge in [0.05, 0.1) is 10.0 Å². The van der Waals surface area contributed by atoms with Crippen molar-refractivity contribution in [3.8, 4) is 11.8 Å². The average molecular weight is 322 g/mol. The zero-order valence-corrected chi connectivity index (χ0v) is 12.4. The molecule has 0 aliphatic carbocycles. The first kappa shape index (κ1) is 15.1. The molecular weight excluding hydrogens is 313 g/mol. The highest BCUT2D eigenvalue weighted by Gasteiger charge is 2.18. The number of anilines is 1. The van der Waals surface area contributed by atoms with E-state index in [1.807, 2.05) is 6.07 Å². The van der Waals surface area contributed by atoms with Crippen LogP contribution >= 0.6 is 23.2 Å². The summed E-state index contributed by atoms with van der Waals surface area (Å²) in [5.74, 6) is 0.00130. The van der Waals surface area contributed by atoms with E-state index in [4.69, 9.17) is 33.3 Å². The zero-order chi connectivity index (χ0) is 15.4. The largest absolute Gasteiger partial charge is 0.369 e. The number of benzene rings is 1. The van der Waals surface area contributed by atoms with Gasteiger partial charge in [-0.3, -0.25) is 4.79 Å². The standard InChI is InChI=1S/C14H9Cl2N3O2/c1-9(20)19(14-6-5-10(15)8-18-14)21-13-4-2-3-12(16)11(13)7-17/h2-6,8H,1H3. The summed E-state index contributed by atoms with van der Waals surface area (Å²) in [6.07, 6.45) is 1.39. The summed E-state index contributed by atoms with van der Waals surface area (Å²) in [5, 5.41) is 10.7. The Balaban J connectivity index is 2.38. The predicted octanol–water partition coefficient (Wildman–Crippen LogP) is 3.61. The second-order valence-corrected chi connectivity index (χ2v) is 4.81. The topological polar surface area (TPSA) is 66.2 Å². The molecule has 0 aliphatic rings. The van der Waals surface area contributed by atoms with Gasteiger partial charge in [-0.15, -0.1) is 5.06 Å². The second-order valence-electron chi connectivity index (χ2n) is 3.96. The molecule has 0 spiro atoms. The van der Waals surface area contributed by atoms with Crippen molar-refractivity contribution >= 4 is 34.9 Å². The lowest BCUT2D eigenvalue weighted by molar-refractivity contribution is -0.120. The molecule has 106 valence electrons. The fourth-order valence-electron chi connectivity index (χ4n) is 1.55. The van der Waals surface area contributed by atoms with E-state index in [0.29, 0.717) is 5.02 Å². The number of amides is 1. The van der Waals surface area contributed by atoms with E-state index in [1.165, 1.54) is 25.3 Å². The first-order valence-corrected chi connectivity index (χ1v) is 6.57. The van der Waals surface area contributed by atoms with Crippen LogP contribution in [-0.4, -0.2) is 10.9 Å². The van der Waals surface area contributed by atoms with E-state index in [0.717, 1.165) is 5.06 Å². The lowest BCUT2D eigenvalue weighted by Gasteiger charge is -2.20. The van der Waals surface area contributed by atoms with E-state index >= 15 is 0 Å². The Kier molecular flexibility index (Phi) is 4.63. The molecule has 2 rings (SSSR count). The summed E-state index contributed by atoms with van der Waals surface area (Å²) >= 11 is 11.7. The van der Waals surface area contributed by atoms with Crippen LogP contribution in [0.1, 0.15) is 12.5 Å². The molecule has 1 aromatic carbocycles. The van der Waals surface area contributed by atoms with Crippen LogP contribution in [0, 0.1) is 11.3 Å². The quantitative estimate of drug-likeness (QED) is 0.810. The number of carbonyl (C=O) groups is 1. The van der Waals surface area contributed by atoms with E-state index in [2.05, 4.69) is 4.98 Å². The summed E-state index contributed by atoms with van der Waals surface area (Å²) in [7, 11) is 0. The number of halogens is 2. The molecule has 0 saturated carbocycles. The van der Waals surface area contributed by atoms with Crippen LogP contribution in [-0.2, 0) is 4.79 Å². The number of rotatable bonds is 3. The van der Waals surface area contributed by atoms with Gasteiger partial charge in [0, 0.05) is 13.1 Å². The molecule has 0 fully saturated rings. The van der Waals surface area contributed by atoms with Crippen LogP contribution < -0.4 is 9.90 Å². The zero-order valence-electron chi connectivity index (χ0n) is 10.9. The van der Waals surface area contributed by atoms with Gasteiger partial charge in [0.2, 0.25) is 0 Å². The second kappa shape index (κ2) is 6.44. The molecule has 21 heavy (non-hydrogen) atoms. The van der Waals surface area contributed by atoms with E-state index < -0.39 is 5.91 Å². The Hall–Kier alpha value is -2.29. The smallest absolute Gasteiger partial charge is 0.258 e. The first-order chi connectivity index (χ1) is 10.0. The molecular formula is C14H9Cl2N3O2. The van der Waals surface area contributed by atoms with Crippen LogP contribution in [0.25, 0.3) is 0 Å². The van der Waals surface area contributed by atoms with Crippen molar-refractivity contribution in [3.05, 3.63) is 52.1 Å². The normalized spacial score (nSPS) is 9.81. The average Bonchev–Trinajstić information content (AvgIpc) is 2.45. The molecule has 7 heteroatoms. The summed E-state index contributed by atoms with van der Waals surface area (Å²) in [6, 6.07) is 9.75. The number of carbonyl (C=O) groups excluding carboxylic acids is 1. The van der Waals surface area contributed by atoms with E-state index in [1.54, 1.807) is 18.2 Å². The summed E-state index contributed by atoms with van der Waals surface area (Å²) < 4.78 is 0. The molecule has 0 unspecified atom stereocenters. The van der Waals surface area contributed by atoms with Crippen molar-refractivity contribution in [1.29, 1.82) is 5.26 Å². The Labute approximate surface area is 131 Å². The number of hydrogen-bond acceptors (Lipinski definition) is 4. The van der Waals surface area contributed by atoms with Gasteiger partial charge in [0.25, 0.3) is 5.91 Å². The molecule has 1 amide bonds. The maximum Gasteiger partial charge on any atom is 0.258 e. The number of aromatic nitrogens is 1. The molecule has 1 aromatic heterocycles. The van der Waals surface area contributed by atoms with Gasteiger partial charge in [0.1, 0.15) is 11.6 Å². The van der Waals surface area contributed by atoms with Crippen molar-refractivity contribution in [2.75, 3.05) is 5.06 Å². The third-order valence-corrected chi connectivity index (χ3v) is 3.02. The van der Waals surface area contributed by atoms with Gasteiger partial charge in [0.15, 0.2) is 11.6 Å². The molecule has 1 heterocycles. The minimum Gasteiger partial charge on any atom is -0.369 e. The number of hydrogen-bond donors (Lipinski definition) is 0. The number of pyridine rings is 1. The molecule has 2 aromatic rings. The Morgan fingerprint density at radius 2 is 2.10 bits per heavy atom.